The maximum atomic E-state index is 10.3. The van der Waals surface area contributed by atoms with Crippen LogP contribution in [0.3, 0.4) is 0 Å². The van der Waals surface area contributed by atoms with Gasteiger partial charge in [-0.25, -0.2) is 0 Å². The molecule has 0 spiro atoms. The number of hydrogen-bond acceptors (Lipinski definition) is 3. The van der Waals surface area contributed by atoms with E-state index < -0.39 is 10.8 Å². The molecule has 1 saturated heterocycles. The van der Waals surface area contributed by atoms with Gasteiger partial charge in [0, 0.05) is 0 Å². The molecule has 0 N–H and O–H groups in total. The van der Waals surface area contributed by atoms with Crippen molar-refractivity contribution in [1.29, 1.82) is 10.5 Å². The largest absolute Gasteiger partial charge is 0.365 e. The maximum absolute atomic E-state index is 10.3. The van der Waals surface area contributed by atoms with E-state index in [1.807, 2.05) is 0 Å². The fourth-order valence-electron chi connectivity index (χ4n) is 5.56. The van der Waals surface area contributed by atoms with Gasteiger partial charge in [-0.1, -0.05) is 101 Å². The summed E-state index contributed by atoms with van der Waals surface area (Å²) in [5.41, 5.74) is -1.16. The zero-order chi connectivity index (χ0) is 21.8. The first kappa shape index (κ1) is 24.1. The topological polar surface area (TPSA) is 60.1 Å². The Morgan fingerprint density at radius 1 is 0.548 bits per heavy atom. The van der Waals surface area contributed by atoms with Crippen molar-refractivity contribution in [2.45, 2.75) is 128 Å². The Labute approximate surface area is 190 Å². The second kappa shape index (κ2) is 12.5. The van der Waals surface area contributed by atoms with Gasteiger partial charge in [-0.2, -0.15) is 10.5 Å². The third kappa shape index (κ3) is 6.70. The maximum Gasteiger partial charge on any atom is 0.108 e. The zero-order valence-electron chi connectivity index (χ0n) is 19.5. The van der Waals surface area contributed by atoms with Crippen molar-refractivity contribution in [2.75, 3.05) is 0 Å². The molecule has 4 atom stereocenters. The molecule has 31 heavy (non-hydrogen) atoms. The Balaban J connectivity index is 1.77. The van der Waals surface area contributed by atoms with Crippen LogP contribution in [0, 0.1) is 33.5 Å². The Morgan fingerprint density at radius 2 is 0.903 bits per heavy atom. The molecule has 3 heteroatoms. The third-order valence-corrected chi connectivity index (χ3v) is 7.68. The fourth-order valence-corrected chi connectivity index (χ4v) is 5.56. The predicted octanol–water partition coefficient (Wildman–Crippen LogP) is 7.94. The van der Waals surface area contributed by atoms with Gasteiger partial charge < -0.3 is 4.74 Å². The van der Waals surface area contributed by atoms with Crippen LogP contribution in [0.25, 0.3) is 0 Å². The minimum Gasteiger partial charge on any atom is -0.365 e. The van der Waals surface area contributed by atoms with Gasteiger partial charge in [-0.05, 0) is 38.5 Å². The van der Waals surface area contributed by atoms with Crippen LogP contribution in [0.15, 0.2) is 24.3 Å². The van der Waals surface area contributed by atoms with Gasteiger partial charge in [0.05, 0.1) is 12.1 Å². The highest BCUT2D eigenvalue weighted by atomic mass is 16.6. The number of nitrogens with zero attached hydrogens (tertiary/aromatic N) is 2. The summed E-state index contributed by atoms with van der Waals surface area (Å²) in [5.74, 6) is 0. The number of allylic oxidation sites excluding steroid dienone is 2. The summed E-state index contributed by atoms with van der Waals surface area (Å²) in [7, 11) is 0. The van der Waals surface area contributed by atoms with E-state index in [1.165, 1.54) is 77.0 Å². The second-order valence-corrected chi connectivity index (χ2v) is 10.1. The first-order valence-corrected chi connectivity index (χ1v) is 13.1. The van der Waals surface area contributed by atoms with Gasteiger partial charge in [0.2, 0.25) is 0 Å². The number of hydrogen-bond donors (Lipinski definition) is 0. The molecule has 2 aliphatic carbocycles. The van der Waals surface area contributed by atoms with Crippen LogP contribution in [-0.4, -0.2) is 12.2 Å². The lowest BCUT2D eigenvalue weighted by atomic mass is 9.71. The normalized spacial score (nSPS) is 38.5. The summed E-state index contributed by atoms with van der Waals surface area (Å²) in [6.07, 6.45) is 29.6. The summed E-state index contributed by atoms with van der Waals surface area (Å²) in [4.78, 5) is 0. The molecule has 0 aromatic rings. The molecule has 0 bridgehead atoms. The van der Waals surface area contributed by atoms with Crippen molar-refractivity contribution >= 4 is 0 Å². The van der Waals surface area contributed by atoms with E-state index in [0.29, 0.717) is 0 Å². The highest BCUT2D eigenvalue weighted by molar-refractivity contribution is 5.29. The minimum absolute atomic E-state index is 0.145. The molecular weight excluding hydrogens is 380 g/mol. The summed E-state index contributed by atoms with van der Waals surface area (Å²) < 4.78 is 6.29. The first-order chi connectivity index (χ1) is 15.3. The Bertz CT molecular complexity index is 626. The van der Waals surface area contributed by atoms with Gasteiger partial charge in [0.15, 0.2) is 0 Å². The van der Waals surface area contributed by atoms with Gasteiger partial charge >= 0.3 is 0 Å². The molecule has 4 unspecified atom stereocenters. The zero-order valence-corrected chi connectivity index (χ0v) is 19.5. The molecule has 170 valence electrons. The molecule has 1 aliphatic heterocycles. The van der Waals surface area contributed by atoms with Crippen LogP contribution in [0.2, 0.25) is 0 Å². The summed E-state index contributed by atoms with van der Waals surface area (Å²) in [5, 5.41) is 20.6. The van der Waals surface area contributed by atoms with Crippen LogP contribution >= 0.6 is 0 Å². The van der Waals surface area contributed by atoms with Crippen LogP contribution in [0.4, 0.5) is 0 Å². The van der Waals surface area contributed by atoms with Gasteiger partial charge in [0.1, 0.15) is 23.0 Å². The smallest absolute Gasteiger partial charge is 0.108 e. The molecule has 3 nitrogen and oxygen atoms in total. The Morgan fingerprint density at radius 3 is 1.29 bits per heavy atom. The number of nitriles is 2. The lowest BCUT2D eigenvalue weighted by Crippen LogP contribution is -2.32. The van der Waals surface area contributed by atoms with E-state index in [4.69, 9.17) is 4.74 Å². The quantitative estimate of drug-likeness (QED) is 0.335. The number of ether oxygens (including phenoxy) is 1. The van der Waals surface area contributed by atoms with Crippen LogP contribution < -0.4 is 0 Å². The van der Waals surface area contributed by atoms with Crippen molar-refractivity contribution < 1.29 is 4.74 Å². The van der Waals surface area contributed by atoms with Gasteiger partial charge in [-0.3, -0.25) is 0 Å². The molecule has 3 rings (SSSR count). The highest BCUT2D eigenvalue weighted by Gasteiger charge is 2.61. The van der Waals surface area contributed by atoms with E-state index in [1.54, 1.807) is 0 Å². The van der Waals surface area contributed by atoms with Crippen molar-refractivity contribution in [3.05, 3.63) is 24.3 Å². The average Bonchev–Trinajstić information content (AvgIpc) is 3.57. The fraction of sp³-hybridized carbons (Fsp3) is 0.786. The average molecular weight is 423 g/mol. The van der Waals surface area contributed by atoms with Crippen LogP contribution in [-0.2, 0) is 4.74 Å². The molecule has 3 aliphatic rings. The molecule has 0 amide bonds. The molecule has 1 fully saturated rings. The monoisotopic (exact) mass is 422 g/mol. The molecular formula is C28H42N2O. The number of epoxide rings is 1. The van der Waals surface area contributed by atoms with Gasteiger partial charge in [0.25, 0.3) is 0 Å². The van der Waals surface area contributed by atoms with E-state index in [9.17, 15) is 10.5 Å². The van der Waals surface area contributed by atoms with E-state index in [-0.39, 0.29) is 12.2 Å². The summed E-state index contributed by atoms with van der Waals surface area (Å²) in [6.45, 7) is 0. The molecule has 0 radical (unpaired) electrons. The summed E-state index contributed by atoms with van der Waals surface area (Å²) in [6, 6.07) is 5.33. The van der Waals surface area contributed by atoms with E-state index >= 15 is 0 Å². The van der Waals surface area contributed by atoms with Crippen molar-refractivity contribution in [3.8, 4) is 12.1 Å². The second-order valence-electron chi connectivity index (χ2n) is 10.1. The number of rotatable bonds is 2. The SMILES string of the molecule is N#CC1(C2OC2C2(C#N)/C=C/CCCCCCCCC2)/C=C/CCCCCCCCC1. The van der Waals surface area contributed by atoms with Gasteiger partial charge in [-0.15, -0.1) is 0 Å². The lowest BCUT2D eigenvalue weighted by molar-refractivity contribution is 0.257. The standard InChI is InChI=1S/C28H42N2O/c29-23-27(19-15-11-7-3-1-4-8-12-16-20-27)25-26(31-25)28(24-30)21-17-13-9-5-2-6-10-14-18-22-28/h15,17,19,21,25-26H,1-14,16,18,20,22H2/b19-15+,21-17+. The molecule has 0 aromatic heterocycles. The van der Waals surface area contributed by atoms with Crippen molar-refractivity contribution in [1.82, 2.24) is 0 Å². The third-order valence-electron chi connectivity index (χ3n) is 7.68. The first-order valence-electron chi connectivity index (χ1n) is 13.1. The van der Waals surface area contributed by atoms with E-state index in [2.05, 4.69) is 36.4 Å². The molecule has 0 aromatic carbocycles. The Kier molecular flexibility index (Phi) is 9.67. The van der Waals surface area contributed by atoms with Crippen LogP contribution in [0.1, 0.15) is 116 Å². The van der Waals surface area contributed by atoms with E-state index in [0.717, 1.165) is 38.5 Å². The lowest BCUT2D eigenvalue weighted by Gasteiger charge is -2.26. The van der Waals surface area contributed by atoms with Crippen LogP contribution in [0.5, 0.6) is 0 Å². The minimum atomic E-state index is -0.578. The van der Waals surface area contributed by atoms with Crippen molar-refractivity contribution in [2.24, 2.45) is 10.8 Å². The summed E-state index contributed by atoms with van der Waals surface area (Å²) >= 11 is 0. The highest BCUT2D eigenvalue weighted by Crippen LogP contribution is 2.53. The predicted molar refractivity (Wildman–Crippen MR) is 126 cm³/mol. The Hall–Kier alpha value is -1.58. The van der Waals surface area contributed by atoms with Crippen molar-refractivity contribution in [3.63, 3.8) is 0 Å². The molecule has 0 saturated carbocycles. The molecule has 1 heterocycles.